The number of nitrogens with zero attached hydrogens (tertiary/aromatic N) is 1. The second-order valence-corrected chi connectivity index (χ2v) is 6.18. The third kappa shape index (κ3) is 4.21. The Balaban J connectivity index is 1.50. The van der Waals surface area contributed by atoms with Gasteiger partial charge in [0.1, 0.15) is 0 Å². The molecular weight excluding hydrogens is 278 g/mol. The molecule has 5 nitrogen and oxygen atoms in total. The highest BCUT2D eigenvalue weighted by molar-refractivity contribution is 5.91. The number of anilines is 2. The number of carbonyl (C=O) groups excluding carboxylic acids is 1. The SMILES string of the molecule is O=C(C[NH+]1CCCCC1)Nc1ccc(N2CCOCC2)cc1. The number of carbonyl (C=O) groups is 1. The van der Waals surface area contributed by atoms with E-state index >= 15 is 0 Å². The summed E-state index contributed by atoms with van der Waals surface area (Å²) in [5, 5.41) is 3.02. The molecule has 1 aromatic carbocycles. The molecule has 2 aliphatic rings. The van der Waals surface area contributed by atoms with Crippen molar-refractivity contribution in [3.8, 4) is 0 Å². The first kappa shape index (κ1) is 15.3. The lowest BCUT2D eigenvalue weighted by molar-refractivity contribution is -0.896. The van der Waals surface area contributed by atoms with Crippen molar-refractivity contribution < 1.29 is 14.4 Å². The maximum atomic E-state index is 12.1. The van der Waals surface area contributed by atoms with Crippen molar-refractivity contribution in [3.63, 3.8) is 0 Å². The Morgan fingerprint density at radius 1 is 1.09 bits per heavy atom. The van der Waals surface area contributed by atoms with E-state index in [9.17, 15) is 4.79 Å². The van der Waals surface area contributed by atoms with Gasteiger partial charge in [-0.15, -0.1) is 0 Å². The van der Waals surface area contributed by atoms with Gasteiger partial charge in [0.25, 0.3) is 5.91 Å². The third-order valence-corrected chi connectivity index (χ3v) is 4.50. The number of ether oxygens (including phenoxy) is 1. The molecule has 2 N–H and O–H groups in total. The molecule has 5 heteroatoms. The Labute approximate surface area is 132 Å². The zero-order valence-electron chi connectivity index (χ0n) is 13.1. The number of benzene rings is 1. The second kappa shape index (κ2) is 7.61. The van der Waals surface area contributed by atoms with Gasteiger partial charge in [0, 0.05) is 24.5 Å². The van der Waals surface area contributed by atoms with E-state index in [4.69, 9.17) is 4.74 Å². The molecule has 120 valence electrons. The highest BCUT2D eigenvalue weighted by Gasteiger charge is 2.17. The molecule has 2 saturated heterocycles. The first-order valence-electron chi connectivity index (χ1n) is 8.37. The summed E-state index contributed by atoms with van der Waals surface area (Å²) < 4.78 is 5.37. The predicted octanol–water partition coefficient (Wildman–Crippen LogP) is 0.531. The standard InChI is InChI=1S/C17H25N3O2/c21-17(14-19-8-2-1-3-9-19)18-15-4-6-16(7-5-15)20-10-12-22-13-11-20/h4-7H,1-3,8-14H2,(H,18,21)/p+1. The molecule has 0 spiro atoms. The van der Waals surface area contributed by atoms with Crippen molar-refractivity contribution in [2.45, 2.75) is 19.3 Å². The molecule has 2 heterocycles. The van der Waals surface area contributed by atoms with E-state index in [1.165, 1.54) is 29.8 Å². The summed E-state index contributed by atoms with van der Waals surface area (Å²) in [6.45, 7) is 6.29. The van der Waals surface area contributed by atoms with Gasteiger partial charge in [0.2, 0.25) is 0 Å². The van der Waals surface area contributed by atoms with Crippen LogP contribution in [0.25, 0.3) is 0 Å². The molecule has 0 aromatic heterocycles. The van der Waals surface area contributed by atoms with Crippen LogP contribution in [0.5, 0.6) is 0 Å². The third-order valence-electron chi connectivity index (χ3n) is 4.50. The Morgan fingerprint density at radius 3 is 2.45 bits per heavy atom. The van der Waals surface area contributed by atoms with Gasteiger partial charge in [0.15, 0.2) is 6.54 Å². The van der Waals surface area contributed by atoms with Crippen molar-refractivity contribution in [2.24, 2.45) is 0 Å². The van der Waals surface area contributed by atoms with E-state index in [1.54, 1.807) is 0 Å². The largest absolute Gasteiger partial charge is 0.378 e. The Morgan fingerprint density at radius 2 is 1.77 bits per heavy atom. The lowest BCUT2D eigenvalue weighted by atomic mass is 10.1. The fourth-order valence-electron chi connectivity index (χ4n) is 3.24. The van der Waals surface area contributed by atoms with Crippen LogP contribution < -0.4 is 15.1 Å². The van der Waals surface area contributed by atoms with Gasteiger partial charge in [-0.3, -0.25) is 4.79 Å². The summed E-state index contributed by atoms with van der Waals surface area (Å²) in [5.74, 6) is 0.121. The molecule has 22 heavy (non-hydrogen) atoms. The Bertz CT molecular complexity index is 477. The maximum Gasteiger partial charge on any atom is 0.279 e. The number of amides is 1. The molecule has 3 rings (SSSR count). The second-order valence-electron chi connectivity index (χ2n) is 6.18. The van der Waals surface area contributed by atoms with Crippen molar-refractivity contribution in [2.75, 3.05) is 56.2 Å². The molecular formula is C17H26N3O2+. The first-order valence-corrected chi connectivity index (χ1v) is 8.37. The van der Waals surface area contributed by atoms with Crippen molar-refractivity contribution >= 4 is 17.3 Å². The van der Waals surface area contributed by atoms with Crippen LogP contribution in [0.4, 0.5) is 11.4 Å². The molecule has 1 amide bonds. The van der Waals surface area contributed by atoms with E-state index < -0.39 is 0 Å². The lowest BCUT2D eigenvalue weighted by Gasteiger charge is -2.29. The molecule has 0 aliphatic carbocycles. The summed E-state index contributed by atoms with van der Waals surface area (Å²) in [7, 11) is 0. The number of likely N-dealkylation sites (tertiary alicyclic amines) is 1. The van der Waals surface area contributed by atoms with Crippen LogP contribution in [-0.2, 0) is 9.53 Å². The monoisotopic (exact) mass is 304 g/mol. The molecule has 0 radical (unpaired) electrons. The normalized spacial score (nSPS) is 19.9. The summed E-state index contributed by atoms with van der Waals surface area (Å²) >= 11 is 0. The van der Waals surface area contributed by atoms with Gasteiger partial charge in [-0.2, -0.15) is 0 Å². The van der Waals surface area contributed by atoms with E-state index in [0.717, 1.165) is 45.1 Å². The lowest BCUT2D eigenvalue weighted by Crippen LogP contribution is -3.13. The highest BCUT2D eigenvalue weighted by Crippen LogP contribution is 2.18. The number of hydrogen-bond acceptors (Lipinski definition) is 3. The van der Waals surface area contributed by atoms with Gasteiger partial charge < -0.3 is 19.9 Å². The van der Waals surface area contributed by atoms with Crippen LogP contribution >= 0.6 is 0 Å². The summed E-state index contributed by atoms with van der Waals surface area (Å²) in [6, 6.07) is 8.14. The van der Waals surface area contributed by atoms with E-state index in [2.05, 4.69) is 22.3 Å². The molecule has 0 atom stereocenters. The average molecular weight is 304 g/mol. The smallest absolute Gasteiger partial charge is 0.279 e. The number of morpholine rings is 1. The van der Waals surface area contributed by atoms with Gasteiger partial charge in [-0.05, 0) is 43.5 Å². The minimum absolute atomic E-state index is 0.121. The number of piperidine rings is 1. The fourth-order valence-corrected chi connectivity index (χ4v) is 3.24. The summed E-state index contributed by atoms with van der Waals surface area (Å²) in [4.78, 5) is 15.8. The molecule has 1 aromatic rings. The van der Waals surface area contributed by atoms with E-state index in [1.807, 2.05) is 12.1 Å². The van der Waals surface area contributed by atoms with E-state index in [0.29, 0.717) is 6.54 Å². The van der Waals surface area contributed by atoms with Gasteiger partial charge in [-0.25, -0.2) is 0 Å². The predicted molar refractivity (Wildman–Crippen MR) is 87.5 cm³/mol. The van der Waals surface area contributed by atoms with Crippen LogP contribution in [0.1, 0.15) is 19.3 Å². The van der Waals surface area contributed by atoms with Crippen LogP contribution in [0.15, 0.2) is 24.3 Å². The molecule has 2 aliphatic heterocycles. The molecule has 0 saturated carbocycles. The number of nitrogens with one attached hydrogen (secondary N) is 2. The highest BCUT2D eigenvalue weighted by atomic mass is 16.5. The number of quaternary nitrogens is 1. The average Bonchev–Trinajstić information content (AvgIpc) is 2.57. The zero-order valence-corrected chi connectivity index (χ0v) is 13.1. The van der Waals surface area contributed by atoms with Gasteiger partial charge in [-0.1, -0.05) is 0 Å². The number of rotatable bonds is 4. The van der Waals surface area contributed by atoms with Crippen molar-refractivity contribution in [1.29, 1.82) is 0 Å². The van der Waals surface area contributed by atoms with Crippen LogP contribution in [-0.4, -0.2) is 51.8 Å². The maximum absolute atomic E-state index is 12.1. The summed E-state index contributed by atoms with van der Waals surface area (Å²) in [6.07, 6.45) is 3.81. The minimum Gasteiger partial charge on any atom is -0.378 e. The first-order chi connectivity index (χ1) is 10.8. The van der Waals surface area contributed by atoms with Gasteiger partial charge >= 0.3 is 0 Å². The van der Waals surface area contributed by atoms with Crippen LogP contribution in [0.2, 0.25) is 0 Å². The fraction of sp³-hybridized carbons (Fsp3) is 0.588. The topological polar surface area (TPSA) is 46.0 Å². The van der Waals surface area contributed by atoms with Crippen LogP contribution in [0, 0.1) is 0 Å². The zero-order chi connectivity index (χ0) is 15.2. The van der Waals surface area contributed by atoms with E-state index in [-0.39, 0.29) is 5.91 Å². The van der Waals surface area contributed by atoms with Crippen molar-refractivity contribution in [3.05, 3.63) is 24.3 Å². The minimum atomic E-state index is 0.121. The Hall–Kier alpha value is -1.59. The summed E-state index contributed by atoms with van der Waals surface area (Å²) in [5.41, 5.74) is 2.08. The quantitative estimate of drug-likeness (QED) is 0.853. The number of hydrogen-bond donors (Lipinski definition) is 2. The Kier molecular flexibility index (Phi) is 5.29. The van der Waals surface area contributed by atoms with Gasteiger partial charge in [0.05, 0.1) is 26.3 Å². The molecule has 0 bridgehead atoms. The van der Waals surface area contributed by atoms with Crippen LogP contribution in [0.3, 0.4) is 0 Å². The molecule has 2 fully saturated rings. The molecule has 0 unspecified atom stereocenters. The van der Waals surface area contributed by atoms with Crippen molar-refractivity contribution in [1.82, 2.24) is 0 Å².